The molecule has 3 heterocycles. The van der Waals surface area contributed by atoms with E-state index in [0.717, 1.165) is 5.56 Å². The van der Waals surface area contributed by atoms with Crippen LogP contribution in [-0.2, 0) is 10.0 Å². The van der Waals surface area contributed by atoms with E-state index in [1.165, 1.54) is 15.6 Å². The summed E-state index contributed by atoms with van der Waals surface area (Å²) in [5.41, 5.74) is 1.63. The number of amides is 1. The number of ether oxygens (including phenoxy) is 1. The highest BCUT2D eigenvalue weighted by Crippen LogP contribution is 2.40. The first kappa shape index (κ1) is 18.5. The molecule has 0 spiro atoms. The molecule has 0 saturated carbocycles. The van der Waals surface area contributed by atoms with Gasteiger partial charge in [-0.3, -0.25) is 4.79 Å². The van der Waals surface area contributed by atoms with Gasteiger partial charge < -0.3 is 9.64 Å². The van der Waals surface area contributed by atoms with Crippen LogP contribution in [0.2, 0.25) is 0 Å². The lowest BCUT2D eigenvalue weighted by Gasteiger charge is -2.34. The maximum Gasteiger partial charge on any atom is 0.257 e. The molecule has 27 heavy (non-hydrogen) atoms. The maximum absolute atomic E-state index is 13.0. The smallest absolute Gasteiger partial charge is 0.257 e. The van der Waals surface area contributed by atoms with E-state index in [1.807, 2.05) is 19.1 Å². The van der Waals surface area contributed by atoms with Crippen LogP contribution in [0.4, 0.5) is 0 Å². The lowest BCUT2D eigenvalue weighted by Crippen LogP contribution is -2.50. The zero-order chi connectivity index (χ0) is 19.2. The van der Waals surface area contributed by atoms with Crippen LogP contribution in [-0.4, -0.2) is 55.8 Å². The second-order valence-corrected chi connectivity index (χ2v) is 10.1. The van der Waals surface area contributed by atoms with E-state index in [2.05, 4.69) is 6.92 Å². The third-order valence-electron chi connectivity index (χ3n) is 5.39. The summed E-state index contributed by atoms with van der Waals surface area (Å²) in [5, 5.41) is 1.75. The maximum atomic E-state index is 13.0. The molecule has 1 fully saturated rings. The summed E-state index contributed by atoms with van der Waals surface area (Å²) < 4.78 is 33.0. The highest BCUT2D eigenvalue weighted by molar-refractivity contribution is 7.91. The average Bonchev–Trinajstić information content (AvgIpc) is 3.31. The SMILES string of the molecule is C[C@H]1Oc2c(C(=O)N3CCN(S(=O)(=O)c4cccs4)CC3)cccc2[C@@H]1C. The number of para-hydroxylation sites is 1. The molecule has 0 N–H and O–H groups in total. The van der Waals surface area contributed by atoms with E-state index in [-0.39, 0.29) is 17.9 Å². The first-order valence-electron chi connectivity index (χ1n) is 9.02. The number of carbonyl (C=O) groups excluding carboxylic acids is 1. The minimum atomic E-state index is -3.47. The van der Waals surface area contributed by atoms with Gasteiger partial charge in [0.25, 0.3) is 15.9 Å². The Bertz CT molecular complexity index is 948. The Morgan fingerprint density at radius 2 is 1.85 bits per heavy atom. The van der Waals surface area contributed by atoms with Gasteiger partial charge in [0.15, 0.2) is 0 Å². The van der Waals surface area contributed by atoms with Crippen molar-refractivity contribution in [3.8, 4) is 5.75 Å². The van der Waals surface area contributed by atoms with Crippen LogP contribution in [0.25, 0.3) is 0 Å². The quantitative estimate of drug-likeness (QED) is 0.786. The molecule has 2 aromatic rings. The number of fused-ring (bicyclic) bond motifs is 1. The topological polar surface area (TPSA) is 66.9 Å². The third-order valence-corrected chi connectivity index (χ3v) is 8.66. The van der Waals surface area contributed by atoms with Crippen LogP contribution >= 0.6 is 11.3 Å². The van der Waals surface area contributed by atoms with E-state index in [9.17, 15) is 13.2 Å². The van der Waals surface area contributed by atoms with Crippen molar-refractivity contribution in [3.05, 3.63) is 46.8 Å². The molecular formula is C19H22N2O4S2. The van der Waals surface area contributed by atoms with Crippen LogP contribution in [0.5, 0.6) is 5.75 Å². The average molecular weight is 407 g/mol. The summed E-state index contributed by atoms with van der Waals surface area (Å²) in [6, 6.07) is 9.04. The van der Waals surface area contributed by atoms with Crippen LogP contribution in [0, 0.1) is 0 Å². The zero-order valence-electron chi connectivity index (χ0n) is 15.3. The van der Waals surface area contributed by atoms with E-state index >= 15 is 0 Å². The number of sulfonamides is 1. The van der Waals surface area contributed by atoms with Gasteiger partial charge in [-0.2, -0.15) is 4.31 Å². The fraction of sp³-hybridized carbons (Fsp3) is 0.421. The van der Waals surface area contributed by atoms with Crippen LogP contribution in [0.15, 0.2) is 39.9 Å². The van der Waals surface area contributed by atoms with Gasteiger partial charge in [-0.15, -0.1) is 11.3 Å². The van der Waals surface area contributed by atoms with Gasteiger partial charge in [-0.1, -0.05) is 25.1 Å². The zero-order valence-corrected chi connectivity index (χ0v) is 16.9. The van der Waals surface area contributed by atoms with Crippen molar-refractivity contribution >= 4 is 27.3 Å². The lowest BCUT2D eigenvalue weighted by atomic mass is 9.96. The summed E-state index contributed by atoms with van der Waals surface area (Å²) in [6.07, 6.45) is 0.0433. The highest BCUT2D eigenvalue weighted by atomic mass is 32.2. The van der Waals surface area contributed by atoms with Crippen molar-refractivity contribution in [2.24, 2.45) is 0 Å². The predicted molar refractivity (Wildman–Crippen MR) is 104 cm³/mol. The Labute approximate surface area is 163 Å². The van der Waals surface area contributed by atoms with Gasteiger partial charge in [0, 0.05) is 37.7 Å². The fourth-order valence-corrected chi connectivity index (χ4v) is 6.16. The standard InChI is InChI=1S/C19H22N2O4S2/c1-13-14(2)25-18-15(13)5-3-6-16(18)19(22)20-8-10-21(11-9-20)27(23,24)17-7-4-12-26-17/h3-7,12-14H,8-11H2,1-2H3/t13-,14-/m1/s1. The highest BCUT2D eigenvalue weighted by Gasteiger charge is 2.35. The molecule has 1 amide bonds. The van der Waals surface area contributed by atoms with Crippen molar-refractivity contribution in [1.29, 1.82) is 0 Å². The van der Waals surface area contributed by atoms with Gasteiger partial charge in [0.1, 0.15) is 16.1 Å². The summed E-state index contributed by atoms with van der Waals surface area (Å²) >= 11 is 1.21. The first-order valence-corrected chi connectivity index (χ1v) is 11.3. The van der Waals surface area contributed by atoms with Crippen molar-refractivity contribution in [3.63, 3.8) is 0 Å². The molecule has 8 heteroatoms. The molecule has 2 atom stereocenters. The van der Waals surface area contributed by atoms with Crippen molar-refractivity contribution in [2.75, 3.05) is 26.2 Å². The Morgan fingerprint density at radius 1 is 1.11 bits per heavy atom. The van der Waals surface area contributed by atoms with E-state index in [4.69, 9.17) is 4.74 Å². The third kappa shape index (κ3) is 3.15. The largest absolute Gasteiger partial charge is 0.489 e. The van der Waals surface area contributed by atoms with Crippen LogP contribution in [0.3, 0.4) is 0 Å². The minimum Gasteiger partial charge on any atom is -0.489 e. The molecule has 2 aliphatic rings. The second kappa shape index (κ2) is 6.92. The Morgan fingerprint density at radius 3 is 2.52 bits per heavy atom. The second-order valence-electron chi connectivity index (χ2n) is 6.96. The number of nitrogens with zero attached hydrogens (tertiary/aromatic N) is 2. The number of carbonyl (C=O) groups is 1. The van der Waals surface area contributed by atoms with E-state index in [0.29, 0.717) is 41.7 Å². The predicted octanol–water partition coefficient (Wildman–Crippen LogP) is 2.78. The molecule has 2 aliphatic heterocycles. The summed E-state index contributed by atoms with van der Waals surface area (Å²) in [7, 11) is -3.47. The molecule has 6 nitrogen and oxygen atoms in total. The number of piperazine rings is 1. The monoisotopic (exact) mass is 406 g/mol. The molecule has 0 radical (unpaired) electrons. The lowest BCUT2D eigenvalue weighted by molar-refractivity contribution is 0.0693. The summed E-state index contributed by atoms with van der Waals surface area (Å²) in [6.45, 7) is 5.45. The number of hydrogen-bond donors (Lipinski definition) is 0. The summed E-state index contributed by atoms with van der Waals surface area (Å²) in [4.78, 5) is 14.8. The molecule has 144 valence electrons. The van der Waals surface area contributed by atoms with Crippen LogP contribution in [0.1, 0.15) is 35.7 Å². The molecule has 1 aromatic carbocycles. The molecule has 1 aromatic heterocycles. The van der Waals surface area contributed by atoms with E-state index < -0.39 is 10.0 Å². The Kier molecular flexibility index (Phi) is 4.73. The van der Waals surface area contributed by atoms with Crippen molar-refractivity contribution in [1.82, 2.24) is 9.21 Å². The van der Waals surface area contributed by atoms with Gasteiger partial charge in [-0.25, -0.2) is 8.42 Å². The first-order chi connectivity index (χ1) is 12.9. The van der Waals surface area contributed by atoms with Crippen LogP contribution < -0.4 is 4.74 Å². The molecule has 0 unspecified atom stereocenters. The van der Waals surface area contributed by atoms with Crippen molar-refractivity contribution < 1.29 is 17.9 Å². The minimum absolute atomic E-state index is 0.0433. The molecule has 4 rings (SSSR count). The number of thiophene rings is 1. The molecular weight excluding hydrogens is 384 g/mol. The van der Waals surface area contributed by atoms with E-state index in [1.54, 1.807) is 28.5 Å². The summed E-state index contributed by atoms with van der Waals surface area (Å²) in [5.74, 6) is 0.831. The molecule has 1 saturated heterocycles. The normalized spacial score (nSPS) is 23.1. The Hall–Kier alpha value is -1.90. The Balaban J connectivity index is 1.49. The number of benzene rings is 1. The molecule has 0 bridgehead atoms. The van der Waals surface area contributed by atoms with Gasteiger partial charge in [0.05, 0.1) is 5.56 Å². The number of rotatable bonds is 3. The van der Waals surface area contributed by atoms with Crippen molar-refractivity contribution in [2.45, 2.75) is 30.1 Å². The number of hydrogen-bond acceptors (Lipinski definition) is 5. The van der Waals surface area contributed by atoms with Gasteiger partial charge >= 0.3 is 0 Å². The van der Waals surface area contributed by atoms with Gasteiger partial charge in [0.2, 0.25) is 0 Å². The fourth-order valence-electron chi connectivity index (χ4n) is 3.59. The molecule has 0 aliphatic carbocycles. The van der Waals surface area contributed by atoms with Gasteiger partial charge in [-0.05, 0) is 24.4 Å².